The second-order valence-electron chi connectivity index (χ2n) is 4.75. The Balaban J connectivity index is 2.15. The Kier molecular flexibility index (Phi) is 3.62. The predicted molar refractivity (Wildman–Crippen MR) is 77.1 cm³/mol. The van der Waals surface area contributed by atoms with Crippen LogP contribution in [0.1, 0.15) is 11.3 Å². The molecule has 1 heterocycles. The summed E-state index contributed by atoms with van der Waals surface area (Å²) in [5.41, 5.74) is 0.759. The first-order valence-corrected chi connectivity index (χ1v) is 6.63. The number of rotatable bonds is 2. The molecular weight excluding hydrogens is 305 g/mol. The van der Waals surface area contributed by atoms with Crippen LogP contribution in [0.25, 0.3) is 22.7 Å². The molecule has 0 saturated heterocycles. The molecule has 23 heavy (non-hydrogen) atoms. The number of alkyl halides is 3. The third-order valence-electron chi connectivity index (χ3n) is 3.19. The lowest BCUT2D eigenvalue weighted by atomic mass is 10.1. The fourth-order valence-corrected chi connectivity index (χ4v) is 2.11. The van der Waals surface area contributed by atoms with Gasteiger partial charge >= 0.3 is 6.18 Å². The Bertz CT molecular complexity index is 860. The van der Waals surface area contributed by atoms with Gasteiger partial charge in [-0.25, -0.2) is 4.98 Å². The third kappa shape index (κ3) is 2.94. The SMILES string of the molecule is N#Cc1ccc(-c2nc(-c3ccccc3)oc2C(F)(F)F)cc1. The van der Waals surface area contributed by atoms with E-state index in [2.05, 4.69) is 4.98 Å². The Morgan fingerprint density at radius 2 is 1.57 bits per heavy atom. The highest BCUT2D eigenvalue weighted by Crippen LogP contribution is 2.39. The summed E-state index contributed by atoms with van der Waals surface area (Å²) < 4.78 is 44.6. The molecule has 114 valence electrons. The molecule has 0 atom stereocenters. The molecule has 0 aliphatic rings. The van der Waals surface area contributed by atoms with E-state index in [1.165, 1.54) is 24.3 Å². The number of hydrogen-bond acceptors (Lipinski definition) is 3. The molecule has 0 aliphatic carbocycles. The maximum absolute atomic E-state index is 13.2. The van der Waals surface area contributed by atoms with Crippen molar-refractivity contribution in [2.45, 2.75) is 6.18 Å². The van der Waals surface area contributed by atoms with Crippen LogP contribution < -0.4 is 0 Å². The zero-order valence-corrected chi connectivity index (χ0v) is 11.6. The molecule has 3 rings (SSSR count). The molecule has 3 aromatic rings. The van der Waals surface area contributed by atoms with Crippen molar-refractivity contribution in [3.63, 3.8) is 0 Å². The van der Waals surface area contributed by atoms with Gasteiger partial charge in [-0.3, -0.25) is 0 Å². The zero-order chi connectivity index (χ0) is 16.4. The van der Waals surface area contributed by atoms with Gasteiger partial charge in [0, 0.05) is 11.1 Å². The van der Waals surface area contributed by atoms with Crippen LogP contribution in [-0.4, -0.2) is 4.98 Å². The highest BCUT2D eigenvalue weighted by atomic mass is 19.4. The third-order valence-corrected chi connectivity index (χ3v) is 3.19. The molecule has 0 fully saturated rings. The van der Waals surface area contributed by atoms with Gasteiger partial charge in [-0.2, -0.15) is 18.4 Å². The average molecular weight is 314 g/mol. The van der Waals surface area contributed by atoms with Crippen LogP contribution in [0.3, 0.4) is 0 Å². The monoisotopic (exact) mass is 314 g/mol. The van der Waals surface area contributed by atoms with Gasteiger partial charge in [0.15, 0.2) is 0 Å². The minimum Gasteiger partial charge on any atom is -0.431 e. The molecule has 0 radical (unpaired) electrons. The molecule has 0 N–H and O–H groups in total. The Hall–Kier alpha value is -3.07. The number of oxazole rings is 1. The summed E-state index contributed by atoms with van der Waals surface area (Å²) in [7, 11) is 0. The van der Waals surface area contributed by atoms with Gasteiger partial charge < -0.3 is 4.42 Å². The number of nitriles is 1. The van der Waals surface area contributed by atoms with E-state index in [0.717, 1.165) is 0 Å². The molecule has 0 unspecified atom stereocenters. The van der Waals surface area contributed by atoms with Gasteiger partial charge in [-0.15, -0.1) is 0 Å². The average Bonchev–Trinajstić information content (AvgIpc) is 3.01. The van der Waals surface area contributed by atoms with E-state index < -0.39 is 11.9 Å². The molecule has 0 saturated carbocycles. The minimum absolute atomic E-state index is 0.0997. The molecule has 0 amide bonds. The largest absolute Gasteiger partial charge is 0.451 e. The van der Waals surface area contributed by atoms with E-state index in [9.17, 15) is 13.2 Å². The van der Waals surface area contributed by atoms with Crippen molar-refractivity contribution < 1.29 is 17.6 Å². The van der Waals surface area contributed by atoms with Crippen LogP contribution >= 0.6 is 0 Å². The summed E-state index contributed by atoms with van der Waals surface area (Å²) in [5, 5.41) is 8.77. The van der Waals surface area contributed by atoms with Gasteiger partial charge in [0.1, 0.15) is 5.69 Å². The van der Waals surface area contributed by atoms with E-state index in [4.69, 9.17) is 9.68 Å². The lowest BCUT2D eigenvalue weighted by Crippen LogP contribution is -2.05. The standard InChI is InChI=1S/C17H9F3N2O/c18-17(19,20)15-14(12-8-6-11(10-21)7-9-12)22-16(23-15)13-4-2-1-3-5-13/h1-9H. The highest BCUT2D eigenvalue weighted by molar-refractivity contribution is 5.66. The van der Waals surface area contributed by atoms with E-state index >= 15 is 0 Å². The van der Waals surface area contributed by atoms with Crippen molar-refractivity contribution in [2.75, 3.05) is 0 Å². The molecule has 0 bridgehead atoms. The van der Waals surface area contributed by atoms with Crippen molar-refractivity contribution >= 4 is 0 Å². The Labute approximate surface area is 129 Å². The first kappa shape index (κ1) is 14.9. The number of nitrogens with zero attached hydrogens (tertiary/aromatic N) is 2. The van der Waals surface area contributed by atoms with Crippen LogP contribution in [0.5, 0.6) is 0 Å². The van der Waals surface area contributed by atoms with Crippen LogP contribution in [0.2, 0.25) is 0 Å². The van der Waals surface area contributed by atoms with Gasteiger partial charge in [-0.05, 0) is 24.3 Å². The van der Waals surface area contributed by atoms with Gasteiger partial charge in [0.05, 0.1) is 11.6 Å². The van der Waals surface area contributed by atoms with Crippen LogP contribution in [0, 0.1) is 11.3 Å². The molecule has 0 spiro atoms. The fraction of sp³-hybridized carbons (Fsp3) is 0.0588. The summed E-state index contributed by atoms with van der Waals surface area (Å²) in [6.07, 6.45) is -4.66. The van der Waals surface area contributed by atoms with E-state index in [0.29, 0.717) is 11.1 Å². The first-order chi connectivity index (χ1) is 11.0. The zero-order valence-electron chi connectivity index (χ0n) is 11.6. The van der Waals surface area contributed by atoms with Crippen LogP contribution in [-0.2, 0) is 6.18 Å². The summed E-state index contributed by atoms with van der Waals surface area (Å²) in [4.78, 5) is 4.00. The molecule has 6 heteroatoms. The Morgan fingerprint density at radius 3 is 2.13 bits per heavy atom. The number of hydrogen-bond donors (Lipinski definition) is 0. The number of aromatic nitrogens is 1. The number of halogens is 3. The van der Waals surface area contributed by atoms with Crippen molar-refractivity contribution in [2.24, 2.45) is 0 Å². The predicted octanol–water partition coefficient (Wildman–Crippen LogP) is 4.90. The van der Waals surface area contributed by atoms with E-state index in [-0.39, 0.29) is 17.1 Å². The fourth-order valence-electron chi connectivity index (χ4n) is 2.11. The summed E-state index contributed by atoms with van der Waals surface area (Å²) in [6.45, 7) is 0. The van der Waals surface area contributed by atoms with Crippen molar-refractivity contribution in [1.29, 1.82) is 5.26 Å². The maximum atomic E-state index is 13.2. The van der Waals surface area contributed by atoms with Crippen molar-refractivity contribution in [3.8, 4) is 28.8 Å². The van der Waals surface area contributed by atoms with Crippen molar-refractivity contribution in [1.82, 2.24) is 4.98 Å². The smallest absolute Gasteiger partial charge is 0.431 e. The van der Waals surface area contributed by atoms with Gasteiger partial charge in [-0.1, -0.05) is 30.3 Å². The van der Waals surface area contributed by atoms with E-state index in [1.807, 2.05) is 6.07 Å². The molecule has 1 aromatic heterocycles. The quantitative estimate of drug-likeness (QED) is 0.676. The van der Waals surface area contributed by atoms with Crippen molar-refractivity contribution in [3.05, 3.63) is 65.9 Å². The van der Waals surface area contributed by atoms with Gasteiger partial charge in [0.25, 0.3) is 0 Å². The van der Waals surface area contributed by atoms with E-state index in [1.54, 1.807) is 30.3 Å². The molecular formula is C17H9F3N2O. The molecule has 0 aliphatic heterocycles. The second-order valence-corrected chi connectivity index (χ2v) is 4.75. The summed E-state index contributed by atoms with van der Waals surface area (Å²) >= 11 is 0. The summed E-state index contributed by atoms with van der Waals surface area (Å²) in [6, 6.07) is 16.0. The Morgan fingerprint density at radius 1 is 0.913 bits per heavy atom. The first-order valence-electron chi connectivity index (χ1n) is 6.63. The molecule has 2 aromatic carbocycles. The second kappa shape index (κ2) is 5.61. The number of benzene rings is 2. The molecule has 3 nitrogen and oxygen atoms in total. The lowest BCUT2D eigenvalue weighted by Gasteiger charge is -2.04. The lowest BCUT2D eigenvalue weighted by molar-refractivity contribution is -0.152. The minimum atomic E-state index is -4.66. The van der Waals surface area contributed by atoms with Crippen LogP contribution in [0.15, 0.2) is 59.0 Å². The van der Waals surface area contributed by atoms with Gasteiger partial charge in [0.2, 0.25) is 11.7 Å². The van der Waals surface area contributed by atoms with Crippen LogP contribution in [0.4, 0.5) is 13.2 Å². The normalized spacial score (nSPS) is 11.2. The highest BCUT2D eigenvalue weighted by Gasteiger charge is 2.40. The summed E-state index contributed by atoms with van der Waals surface area (Å²) in [5.74, 6) is -1.25. The topological polar surface area (TPSA) is 49.8 Å². The maximum Gasteiger partial charge on any atom is 0.451 e.